The first-order valence-electron chi connectivity index (χ1n) is 7.03. The van der Waals surface area contributed by atoms with Crippen molar-refractivity contribution in [2.75, 3.05) is 5.43 Å². The molecule has 122 valence electrons. The summed E-state index contributed by atoms with van der Waals surface area (Å²) in [5, 5.41) is 0.865. The summed E-state index contributed by atoms with van der Waals surface area (Å²) in [5.41, 5.74) is 4.17. The second-order valence-corrected chi connectivity index (χ2v) is 5.01. The second kappa shape index (κ2) is 6.19. The number of carbonyl (C=O) groups is 1. The quantitative estimate of drug-likeness (QED) is 0.713. The van der Waals surface area contributed by atoms with E-state index in [1.54, 1.807) is 18.2 Å². The molecule has 1 heterocycles. The van der Waals surface area contributed by atoms with Crippen LogP contribution < -0.4 is 10.9 Å². The first-order valence-corrected chi connectivity index (χ1v) is 7.03. The van der Waals surface area contributed by atoms with Gasteiger partial charge in [0.25, 0.3) is 5.91 Å². The van der Waals surface area contributed by atoms with Gasteiger partial charge >= 0.3 is 6.18 Å². The van der Waals surface area contributed by atoms with Gasteiger partial charge in [0.15, 0.2) is 0 Å². The molecular formula is C17H12F3N3O. The highest BCUT2D eigenvalue weighted by Gasteiger charge is 2.33. The lowest BCUT2D eigenvalue weighted by Gasteiger charge is -2.14. The maximum atomic E-state index is 12.9. The molecule has 4 nitrogen and oxygen atoms in total. The van der Waals surface area contributed by atoms with Crippen molar-refractivity contribution in [3.05, 3.63) is 71.9 Å². The summed E-state index contributed by atoms with van der Waals surface area (Å²) in [6.07, 6.45) is -4.52. The Bertz CT molecular complexity index is 893. The first kappa shape index (κ1) is 15.8. The fourth-order valence-electron chi connectivity index (χ4n) is 2.22. The summed E-state index contributed by atoms with van der Waals surface area (Å²) >= 11 is 0. The van der Waals surface area contributed by atoms with Gasteiger partial charge in [0.2, 0.25) is 0 Å². The molecule has 2 aromatic carbocycles. The molecule has 0 unspecified atom stereocenters. The summed E-state index contributed by atoms with van der Waals surface area (Å²) in [7, 11) is 0. The molecule has 1 amide bonds. The molecule has 0 radical (unpaired) electrons. The van der Waals surface area contributed by atoms with Gasteiger partial charge in [0, 0.05) is 5.39 Å². The number of benzene rings is 2. The normalized spacial score (nSPS) is 11.3. The number of hydrogen-bond donors (Lipinski definition) is 2. The van der Waals surface area contributed by atoms with Crippen molar-refractivity contribution in [2.45, 2.75) is 6.18 Å². The summed E-state index contributed by atoms with van der Waals surface area (Å²) < 4.78 is 38.7. The third-order valence-electron chi connectivity index (χ3n) is 3.37. The second-order valence-electron chi connectivity index (χ2n) is 5.01. The van der Waals surface area contributed by atoms with Gasteiger partial charge in [-0.2, -0.15) is 13.2 Å². The minimum absolute atomic E-state index is 0.102. The predicted molar refractivity (Wildman–Crippen MR) is 84.3 cm³/mol. The molecule has 0 aliphatic rings. The number of pyridine rings is 1. The van der Waals surface area contributed by atoms with E-state index in [0.29, 0.717) is 5.52 Å². The van der Waals surface area contributed by atoms with E-state index in [2.05, 4.69) is 15.8 Å². The van der Waals surface area contributed by atoms with Crippen LogP contribution in [-0.4, -0.2) is 10.9 Å². The zero-order valence-corrected chi connectivity index (χ0v) is 12.3. The predicted octanol–water partition coefficient (Wildman–Crippen LogP) is 4.01. The van der Waals surface area contributed by atoms with E-state index in [9.17, 15) is 18.0 Å². The maximum Gasteiger partial charge on any atom is 0.418 e. The Morgan fingerprint density at radius 2 is 1.62 bits per heavy atom. The van der Waals surface area contributed by atoms with E-state index in [1.807, 2.05) is 12.1 Å². The molecular weight excluding hydrogens is 319 g/mol. The van der Waals surface area contributed by atoms with Crippen molar-refractivity contribution >= 4 is 22.5 Å². The molecule has 0 bridgehead atoms. The lowest BCUT2D eigenvalue weighted by molar-refractivity contribution is -0.137. The maximum absolute atomic E-state index is 12.9. The standard InChI is InChI=1S/C17H12F3N3O/c18-17(19,20)12-6-2-4-8-14(12)22-23-16(24)15-10-9-11-5-1-3-7-13(11)21-15/h1-10,22H,(H,23,24). The summed E-state index contributed by atoms with van der Waals surface area (Å²) in [6, 6.07) is 15.4. The van der Waals surface area contributed by atoms with Gasteiger partial charge in [0.1, 0.15) is 5.69 Å². The first-order chi connectivity index (χ1) is 11.4. The number of para-hydroxylation sites is 2. The minimum Gasteiger partial charge on any atom is -0.298 e. The molecule has 0 saturated carbocycles. The molecule has 3 aromatic rings. The third-order valence-corrected chi connectivity index (χ3v) is 3.37. The average Bonchev–Trinajstić information content (AvgIpc) is 2.58. The summed E-state index contributed by atoms with van der Waals surface area (Å²) in [6.45, 7) is 0. The Labute approximate surface area is 135 Å². The fraction of sp³-hybridized carbons (Fsp3) is 0.0588. The molecule has 0 spiro atoms. The Morgan fingerprint density at radius 3 is 2.42 bits per heavy atom. The monoisotopic (exact) mass is 331 g/mol. The molecule has 1 aromatic heterocycles. The molecule has 24 heavy (non-hydrogen) atoms. The van der Waals surface area contributed by atoms with Crippen molar-refractivity contribution in [1.82, 2.24) is 10.4 Å². The molecule has 7 heteroatoms. The molecule has 0 aliphatic carbocycles. The number of nitrogens with one attached hydrogen (secondary N) is 2. The van der Waals surface area contributed by atoms with Crippen LogP contribution in [0, 0.1) is 0 Å². The number of hydrazine groups is 1. The van der Waals surface area contributed by atoms with Gasteiger partial charge in [-0.25, -0.2) is 4.98 Å². The highest BCUT2D eigenvalue weighted by Crippen LogP contribution is 2.34. The van der Waals surface area contributed by atoms with Crippen LogP contribution in [0.1, 0.15) is 16.1 Å². The van der Waals surface area contributed by atoms with Crippen LogP contribution in [0.5, 0.6) is 0 Å². The topological polar surface area (TPSA) is 54.0 Å². The number of rotatable bonds is 3. The molecule has 0 atom stereocenters. The zero-order chi connectivity index (χ0) is 17.2. The SMILES string of the molecule is O=C(NNc1ccccc1C(F)(F)F)c1ccc2ccccc2n1. The van der Waals surface area contributed by atoms with Gasteiger partial charge in [-0.3, -0.25) is 15.6 Å². The van der Waals surface area contributed by atoms with Crippen LogP contribution in [0.4, 0.5) is 18.9 Å². The average molecular weight is 331 g/mol. The van der Waals surface area contributed by atoms with Crippen LogP contribution in [0.15, 0.2) is 60.7 Å². The van der Waals surface area contributed by atoms with Crippen LogP contribution in [0.3, 0.4) is 0 Å². The van der Waals surface area contributed by atoms with Crippen molar-refractivity contribution in [2.24, 2.45) is 0 Å². The zero-order valence-electron chi connectivity index (χ0n) is 12.3. The number of fused-ring (bicyclic) bond motifs is 1. The minimum atomic E-state index is -4.52. The number of anilines is 1. The largest absolute Gasteiger partial charge is 0.418 e. The van der Waals surface area contributed by atoms with E-state index in [0.717, 1.165) is 11.5 Å². The van der Waals surface area contributed by atoms with Crippen molar-refractivity contribution in [3.8, 4) is 0 Å². The number of amides is 1. The summed E-state index contributed by atoms with van der Waals surface area (Å²) in [4.78, 5) is 16.3. The van der Waals surface area contributed by atoms with E-state index < -0.39 is 17.6 Å². The van der Waals surface area contributed by atoms with E-state index in [-0.39, 0.29) is 11.4 Å². The Kier molecular flexibility index (Phi) is 4.07. The van der Waals surface area contributed by atoms with Crippen LogP contribution in [0.25, 0.3) is 10.9 Å². The van der Waals surface area contributed by atoms with Crippen LogP contribution >= 0.6 is 0 Å². The number of nitrogens with zero attached hydrogens (tertiary/aromatic N) is 1. The Morgan fingerprint density at radius 1 is 0.917 bits per heavy atom. The van der Waals surface area contributed by atoms with E-state index in [1.165, 1.54) is 24.3 Å². The van der Waals surface area contributed by atoms with Gasteiger partial charge in [-0.05, 0) is 24.3 Å². The van der Waals surface area contributed by atoms with Crippen LogP contribution in [-0.2, 0) is 6.18 Å². The number of aromatic nitrogens is 1. The van der Waals surface area contributed by atoms with Crippen molar-refractivity contribution < 1.29 is 18.0 Å². The van der Waals surface area contributed by atoms with E-state index in [4.69, 9.17) is 0 Å². The van der Waals surface area contributed by atoms with Gasteiger partial charge < -0.3 is 0 Å². The van der Waals surface area contributed by atoms with Crippen LogP contribution in [0.2, 0.25) is 0 Å². The molecule has 0 saturated heterocycles. The summed E-state index contributed by atoms with van der Waals surface area (Å²) in [5.74, 6) is -0.627. The fourth-order valence-corrected chi connectivity index (χ4v) is 2.22. The number of alkyl halides is 3. The van der Waals surface area contributed by atoms with E-state index >= 15 is 0 Å². The highest BCUT2D eigenvalue weighted by atomic mass is 19.4. The van der Waals surface area contributed by atoms with Gasteiger partial charge in [-0.15, -0.1) is 0 Å². The molecule has 3 rings (SSSR count). The Balaban J connectivity index is 1.78. The molecule has 0 fully saturated rings. The highest BCUT2D eigenvalue weighted by molar-refractivity contribution is 5.95. The Hall–Kier alpha value is -3.09. The smallest absolute Gasteiger partial charge is 0.298 e. The van der Waals surface area contributed by atoms with Crippen molar-refractivity contribution in [3.63, 3.8) is 0 Å². The number of halogens is 3. The number of hydrogen-bond acceptors (Lipinski definition) is 3. The molecule has 2 N–H and O–H groups in total. The lowest BCUT2D eigenvalue weighted by Crippen LogP contribution is -2.31. The third kappa shape index (κ3) is 3.29. The lowest BCUT2D eigenvalue weighted by atomic mass is 10.2. The van der Waals surface area contributed by atoms with Gasteiger partial charge in [0.05, 0.1) is 16.8 Å². The van der Waals surface area contributed by atoms with Crippen molar-refractivity contribution in [1.29, 1.82) is 0 Å². The number of carbonyl (C=O) groups excluding carboxylic acids is 1. The van der Waals surface area contributed by atoms with Gasteiger partial charge in [-0.1, -0.05) is 36.4 Å². The molecule has 0 aliphatic heterocycles.